The third-order valence-corrected chi connectivity index (χ3v) is 3.38. The van der Waals surface area contributed by atoms with Crippen LogP contribution in [0.2, 0.25) is 5.02 Å². The van der Waals surface area contributed by atoms with Crippen LogP contribution in [0, 0.1) is 0 Å². The summed E-state index contributed by atoms with van der Waals surface area (Å²) in [6.07, 6.45) is 0.718. The quantitative estimate of drug-likeness (QED) is 0.846. The maximum Gasteiger partial charge on any atom is 0.258 e. The van der Waals surface area contributed by atoms with Gasteiger partial charge in [-0.25, -0.2) is 0 Å². The molecule has 0 spiro atoms. The SMILES string of the molecule is CN1CCCN(C(=O)c2cc(Cl)ccc2O)CC1=O. The highest BCUT2D eigenvalue weighted by Gasteiger charge is 2.25. The zero-order valence-corrected chi connectivity index (χ0v) is 11.4. The molecule has 1 saturated heterocycles. The van der Waals surface area contributed by atoms with Crippen LogP contribution in [0.5, 0.6) is 5.75 Å². The molecular weight excluding hydrogens is 268 g/mol. The number of phenols is 1. The molecule has 0 aliphatic carbocycles. The minimum Gasteiger partial charge on any atom is -0.507 e. The van der Waals surface area contributed by atoms with Gasteiger partial charge in [0, 0.05) is 25.2 Å². The highest BCUT2D eigenvalue weighted by molar-refractivity contribution is 6.31. The van der Waals surface area contributed by atoms with E-state index in [2.05, 4.69) is 0 Å². The van der Waals surface area contributed by atoms with Crippen LogP contribution >= 0.6 is 11.6 Å². The molecule has 1 N–H and O–H groups in total. The molecule has 0 aromatic heterocycles. The van der Waals surface area contributed by atoms with Gasteiger partial charge in [0.05, 0.1) is 5.56 Å². The van der Waals surface area contributed by atoms with Crippen molar-refractivity contribution in [2.75, 3.05) is 26.7 Å². The summed E-state index contributed by atoms with van der Waals surface area (Å²) in [5, 5.41) is 10.1. The predicted molar refractivity (Wildman–Crippen MR) is 71.3 cm³/mol. The molecule has 0 unspecified atom stereocenters. The second-order valence-corrected chi connectivity index (χ2v) is 4.99. The highest BCUT2D eigenvalue weighted by Crippen LogP contribution is 2.23. The Hall–Kier alpha value is -1.75. The molecule has 1 aromatic carbocycles. The van der Waals surface area contributed by atoms with E-state index in [1.807, 2.05) is 0 Å². The number of carbonyl (C=O) groups is 2. The normalized spacial score (nSPS) is 16.4. The molecule has 102 valence electrons. The van der Waals surface area contributed by atoms with Crippen LogP contribution in [0.4, 0.5) is 0 Å². The summed E-state index contributed by atoms with van der Waals surface area (Å²) in [5.74, 6) is -0.601. The fraction of sp³-hybridized carbons (Fsp3) is 0.385. The second-order valence-electron chi connectivity index (χ2n) is 4.56. The van der Waals surface area contributed by atoms with Gasteiger partial charge in [0.15, 0.2) is 0 Å². The summed E-state index contributed by atoms with van der Waals surface area (Å²) in [5.41, 5.74) is 0.129. The Morgan fingerprint density at radius 1 is 1.37 bits per heavy atom. The molecule has 6 heteroatoms. The lowest BCUT2D eigenvalue weighted by atomic mass is 10.1. The first-order valence-electron chi connectivity index (χ1n) is 6.01. The Balaban J connectivity index is 2.23. The van der Waals surface area contributed by atoms with E-state index in [9.17, 15) is 14.7 Å². The van der Waals surface area contributed by atoms with Crippen molar-refractivity contribution in [1.29, 1.82) is 0 Å². The van der Waals surface area contributed by atoms with E-state index in [1.54, 1.807) is 11.9 Å². The first-order valence-corrected chi connectivity index (χ1v) is 6.38. The smallest absolute Gasteiger partial charge is 0.258 e. The lowest BCUT2D eigenvalue weighted by molar-refractivity contribution is -0.129. The average Bonchev–Trinajstić information content (AvgIpc) is 2.54. The number of benzene rings is 1. The zero-order valence-electron chi connectivity index (χ0n) is 10.6. The topological polar surface area (TPSA) is 60.9 Å². The van der Waals surface area contributed by atoms with Crippen LogP contribution in [-0.2, 0) is 4.79 Å². The molecule has 19 heavy (non-hydrogen) atoms. The van der Waals surface area contributed by atoms with E-state index in [0.29, 0.717) is 18.1 Å². The number of likely N-dealkylation sites (N-methyl/N-ethyl adjacent to an activating group) is 1. The van der Waals surface area contributed by atoms with Gasteiger partial charge in [-0.2, -0.15) is 0 Å². The molecule has 1 aliphatic rings. The van der Waals surface area contributed by atoms with Crippen LogP contribution in [0.25, 0.3) is 0 Å². The van der Waals surface area contributed by atoms with Gasteiger partial charge in [0.2, 0.25) is 5.91 Å². The Labute approximate surface area is 116 Å². The second kappa shape index (κ2) is 5.48. The van der Waals surface area contributed by atoms with Gasteiger partial charge in [0.1, 0.15) is 12.3 Å². The molecule has 1 aliphatic heterocycles. The van der Waals surface area contributed by atoms with Crippen molar-refractivity contribution in [2.45, 2.75) is 6.42 Å². The van der Waals surface area contributed by atoms with Crippen molar-refractivity contribution >= 4 is 23.4 Å². The first-order chi connectivity index (χ1) is 8.99. The molecule has 0 bridgehead atoms. The third-order valence-electron chi connectivity index (χ3n) is 3.15. The van der Waals surface area contributed by atoms with Gasteiger partial charge in [-0.1, -0.05) is 11.6 Å². The van der Waals surface area contributed by atoms with Crippen LogP contribution in [0.1, 0.15) is 16.8 Å². The molecule has 0 radical (unpaired) electrons. The summed E-state index contributed by atoms with van der Waals surface area (Å²) in [7, 11) is 1.72. The fourth-order valence-electron chi connectivity index (χ4n) is 2.01. The zero-order chi connectivity index (χ0) is 14.0. The average molecular weight is 283 g/mol. The monoisotopic (exact) mass is 282 g/mol. The summed E-state index contributed by atoms with van der Waals surface area (Å²) in [4.78, 5) is 27.1. The first kappa shape index (κ1) is 13.7. The molecular formula is C13H15ClN2O3. The van der Waals surface area contributed by atoms with E-state index in [1.165, 1.54) is 23.1 Å². The van der Waals surface area contributed by atoms with Crippen molar-refractivity contribution < 1.29 is 14.7 Å². The van der Waals surface area contributed by atoms with Gasteiger partial charge in [-0.05, 0) is 24.6 Å². The van der Waals surface area contributed by atoms with E-state index < -0.39 is 0 Å². The summed E-state index contributed by atoms with van der Waals surface area (Å²) >= 11 is 5.83. The predicted octanol–water partition coefficient (Wildman–Crippen LogP) is 1.35. The summed E-state index contributed by atoms with van der Waals surface area (Å²) in [6.45, 7) is 1.15. The van der Waals surface area contributed by atoms with E-state index in [-0.39, 0.29) is 29.7 Å². The minimum atomic E-state index is -0.372. The third kappa shape index (κ3) is 2.98. The lowest BCUT2D eigenvalue weighted by Crippen LogP contribution is -2.38. The number of amides is 2. The van der Waals surface area contributed by atoms with Crippen molar-refractivity contribution in [1.82, 2.24) is 9.80 Å². The number of phenolic OH excluding ortho intramolecular Hbond substituents is 1. The van der Waals surface area contributed by atoms with Crippen LogP contribution in [0.3, 0.4) is 0 Å². The number of carbonyl (C=O) groups excluding carboxylic acids is 2. The molecule has 2 rings (SSSR count). The van der Waals surface area contributed by atoms with Crippen LogP contribution < -0.4 is 0 Å². The van der Waals surface area contributed by atoms with Crippen LogP contribution in [0.15, 0.2) is 18.2 Å². The molecule has 0 saturated carbocycles. The number of nitrogens with zero attached hydrogens (tertiary/aromatic N) is 2. The molecule has 1 fully saturated rings. The van der Waals surface area contributed by atoms with E-state index in [0.717, 1.165) is 6.42 Å². The van der Waals surface area contributed by atoms with Gasteiger partial charge in [-0.15, -0.1) is 0 Å². The highest BCUT2D eigenvalue weighted by atomic mass is 35.5. The largest absolute Gasteiger partial charge is 0.507 e. The van der Waals surface area contributed by atoms with Gasteiger partial charge in [0.25, 0.3) is 5.91 Å². The standard InChI is InChI=1S/C13H15ClN2O3/c1-15-5-2-6-16(8-12(15)18)13(19)10-7-9(14)3-4-11(10)17/h3-4,7,17H,2,5-6,8H2,1H3. The number of hydrogen-bond acceptors (Lipinski definition) is 3. The fourth-order valence-corrected chi connectivity index (χ4v) is 2.18. The summed E-state index contributed by atoms with van der Waals surface area (Å²) in [6, 6.07) is 4.30. The maximum atomic E-state index is 12.3. The summed E-state index contributed by atoms with van der Waals surface area (Å²) < 4.78 is 0. The van der Waals surface area contributed by atoms with E-state index in [4.69, 9.17) is 11.6 Å². The van der Waals surface area contributed by atoms with Crippen molar-refractivity contribution in [3.63, 3.8) is 0 Å². The van der Waals surface area contributed by atoms with Gasteiger partial charge in [-0.3, -0.25) is 9.59 Å². The number of hydrogen-bond donors (Lipinski definition) is 1. The van der Waals surface area contributed by atoms with Gasteiger partial charge < -0.3 is 14.9 Å². The lowest BCUT2D eigenvalue weighted by Gasteiger charge is -2.20. The Morgan fingerprint density at radius 3 is 2.84 bits per heavy atom. The van der Waals surface area contributed by atoms with Crippen molar-refractivity contribution in [3.8, 4) is 5.75 Å². The van der Waals surface area contributed by atoms with Crippen molar-refractivity contribution in [2.24, 2.45) is 0 Å². The minimum absolute atomic E-state index is 0.0291. The molecule has 1 aromatic rings. The maximum absolute atomic E-state index is 12.3. The Morgan fingerprint density at radius 2 is 2.11 bits per heavy atom. The number of rotatable bonds is 1. The molecule has 0 atom stereocenters. The number of halogens is 1. The Bertz CT molecular complexity index is 519. The number of aromatic hydroxyl groups is 1. The van der Waals surface area contributed by atoms with E-state index >= 15 is 0 Å². The van der Waals surface area contributed by atoms with Gasteiger partial charge >= 0.3 is 0 Å². The van der Waals surface area contributed by atoms with Crippen LogP contribution in [-0.4, -0.2) is 53.4 Å². The molecule has 1 heterocycles. The Kier molecular flexibility index (Phi) is 3.95. The molecule has 5 nitrogen and oxygen atoms in total. The van der Waals surface area contributed by atoms with Crippen molar-refractivity contribution in [3.05, 3.63) is 28.8 Å². The molecule has 2 amide bonds.